The summed E-state index contributed by atoms with van der Waals surface area (Å²) in [6, 6.07) is 18.1. The molecule has 4 nitrogen and oxygen atoms in total. The molecule has 0 fully saturated rings. The number of ether oxygens (including phenoxy) is 1. The van der Waals surface area contributed by atoms with Crippen molar-refractivity contribution in [2.24, 2.45) is 0 Å². The molecule has 0 atom stereocenters. The van der Waals surface area contributed by atoms with Gasteiger partial charge in [-0.15, -0.1) is 0 Å². The van der Waals surface area contributed by atoms with Gasteiger partial charge in [0, 0.05) is 17.6 Å². The van der Waals surface area contributed by atoms with Gasteiger partial charge in [0.1, 0.15) is 12.4 Å². The Hall–Kier alpha value is -1.85. The molecule has 1 N–H and O–H groups in total. The van der Waals surface area contributed by atoms with Crippen LogP contribution >= 0.6 is 15.9 Å². The average molecular weight is 405 g/mol. The third-order valence-corrected chi connectivity index (χ3v) is 4.30. The predicted molar refractivity (Wildman–Crippen MR) is 105 cm³/mol. The number of carbonyl (C=O) groups is 1. The Bertz CT molecular complexity index is 632. The van der Waals surface area contributed by atoms with Gasteiger partial charge in [0.05, 0.1) is 6.54 Å². The number of aryl methyl sites for hydroxylation is 1. The summed E-state index contributed by atoms with van der Waals surface area (Å²) < 4.78 is 6.70. The molecule has 0 saturated heterocycles. The third-order valence-electron chi connectivity index (χ3n) is 3.78. The quantitative estimate of drug-likeness (QED) is 0.616. The minimum atomic E-state index is 0.0548. The molecular formula is C20H25BrN2O2. The summed E-state index contributed by atoms with van der Waals surface area (Å²) in [5.74, 6) is 0.890. The summed E-state index contributed by atoms with van der Waals surface area (Å²) in [4.78, 5) is 13.9. The molecule has 0 bridgehead atoms. The van der Waals surface area contributed by atoms with Crippen LogP contribution in [0.3, 0.4) is 0 Å². The second-order valence-electron chi connectivity index (χ2n) is 5.98. The van der Waals surface area contributed by atoms with Crippen molar-refractivity contribution in [2.75, 3.05) is 33.3 Å². The number of nitrogens with one attached hydrogen (secondary N) is 1. The van der Waals surface area contributed by atoms with Crippen LogP contribution < -0.4 is 10.1 Å². The minimum Gasteiger partial charge on any atom is -0.492 e. The molecule has 0 aliphatic carbocycles. The largest absolute Gasteiger partial charge is 0.492 e. The molecule has 134 valence electrons. The Labute approximate surface area is 158 Å². The van der Waals surface area contributed by atoms with E-state index in [4.69, 9.17) is 4.74 Å². The highest BCUT2D eigenvalue weighted by molar-refractivity contribution is 9.10. The number of benzene rings is 2. The van der Waals surface area contributed by atoms with E-state index in [-0.39, 0.29) is 5.91 Å². The fourth-order valence-electron chi connectivity index (χ4n) is 2.40. The van der Waals surface area contributed by atoms with Gasteiger partial charge in [0.25, 0.3) is 0 Å². The number of hydrogen-bond donors (Lipinski definition) is 1. The number of hydrogen-bond acceptors (Lipinski definition) is 3. The van der Waals surface area contributed by atoms with Crippen molar-refractivity contribution in [3.05, 3.63) is 64.6 Å². The van der Waals surface area contributed by atoms with Crippen LogP contribution in [0.2, 0.25) is 0 Å². The first kappa shape index (κ1) is 19.5. The van der Waals surface area contributed by atoms with E-state index in [1.54, 1.807) is 0 Å². The first-order valence-corrected chi connectivity index (χ1v) is 9.30. The van der Waals surface area contributed by atoms with Gasteiger partial charge in [-0.2, -0.15) is 0 Å². The van der Waals surface area contributed by atoms with E-state index in [0.717, 1.165) is 23.1 Å². The maximum absolute atomic E-state index is 11.9. The molecule has 2 aromatic rings. The maximum Gasteiger partial charge on any atom is 0.234 e. The van der Waals surface area contributed by atoms with Crippen LogP contribution in [0.25, 0.3) is 0 Å². The van der Waals surface area contributed by atoms with Gasteiger partial charge in [0.2, 0.25) is 5.91 Å². The predicted octanol–water partition coefficient (Wildman–Crippen LogP) is 3.51. The number of halogens is 1. The lowest BCUT2D eigenvalue weighted by Gasteiger charge is -2.16. The van der Waals surface area contributed by atoms with E-state index in [1.165, 1.54) is 5.56 Å². The number of amides is 1. The van der Waals surface area contributed by atoms with Crippen molar-refractivity contribution in [1.29, 1.82) is 0 Å². The van der Waals surface area contributed by atoms with E-state index in [9.17, 15) is 4.79 Å². The molecule has 0 spiro atoms. The molecular weight excluding hydrogens is 380 g/mol. The smallest absolute Gasteiger partial charge is 0.234 e. The van der Waals surface area contributed by atoms with Crippen molar-refractivity contribution in [1.82, 2.24) is 10.2 Å². The summed E-state index contributed by atoms with van der Waals surface area (Å²) in [6.07, 6.45) is 1.93. The number of nitrogens with zero attached hydrogens (tertiary/aromatic N) is 1. The second kappa shape index (κ2) is 10.9. The lowest BCUT2D eigenvalue weighted by Crippen LogP contribution is -2.37. The highest BCUT2D eigenvalue weighted by Crippen LogP contribution is 2.15. The van der Waals surface area contributed by atoms with E-state index < -0.39 is 0 Å². The Balaban J connectivity index is 1.54. The summed E-state index contributed by atoms with van der Waals surface area (Å²) in [7, 11) is 1.93. The van der Waals surface area contributed by atoms with Crippen molar-refractivity contribution in [2.45, 2.75) is 12.8 Å². The van der Waals surface area contributed by atoms with E-state index in [1.807, 2.05) is 54.4 Å². The summed E-state index contributed by atoms with van der Waals surface area (Å²) in [5.41, 5.74) is 1.30. The van der Waals surface area contributed by atoms with Crippen molar-refractivity contribution in [3.8, 4) is 5.75 Å². The highest BCUT2D eigenvalue weighted by Gasteiger charge is 2.06. The van der Waals surface area contributed by atoms with Gasteiger partial charge in [-0.3, -0.25) is 9.69 Å². The number of likely N-dealkylation sites (N-methyl/N-ethyl adjacent to an activating group) is 1. The van der Waals surface area contributed by atoms with Crippen LogP contribution in [-0.4, -0.2) is 44.1 Å². The fraction of sp³-hybridized carbons (Fsp3) is 0.350. The van der Waals surface area contributed by atoms with Crippen molar-refractivity contribution < 1.29 is 9.53 Å². The summed E-state index contributed by atoms with van der Waals surface area (Å²) in [6.45, 7) is 2.35. The van der Waals surface area contributed by atoms with Crippen LogP contribution in [0.15, 0.2) is 59.1 Å². The van der Waals surface area contributed by atoms with E-state index in [0.29, 0.717) is 26.2 Å². The molecule has 5 heteroatoms. The average Bonchev–Trinajstić information content (AvgIpc) is 2.61. The van der Waals surface area contributed by atoms with Gasteiger partial charge in [-0.25, -0.2) is 0 Å². The number of carbonyl (C=O) groups excluding carboxylic acids is 1. The molecule has 1 amide bonds. The molecule has 0 unspecified atom stereocenters. The monoisotopic (exact) mass is 404 g/mol. The molecule has 2 aromatic carbocycles. The third kappa shape index (κ3) is 8.18. The minimum absolute atomic E-state index is 0.0548. The second-order valence-corrected chi connectivity index (χ2v) is 6.89. The number of rotatable bonds is 10. The van der Waals surface area contributed by atoms with Crippen LogP contribution in [0.1, 0.15) is 12.0 Å². The van der Waals surface area contributed by atoms with Crippen LogP contribution in [0.4, 0.5) is 0 Å². The van der Waals surface area contributed by atoms with Crippen LogP contribution in [0.5, 0.6) is 5.75 Å². The lowest BCUT2D eigenvalue weighted by atomic mass is 10.1. The molecule has 0 heterocycles. The molecule has 25 heavy (non-hydrogen) atoms. The Kier molecular flexibility index (Phi) is 8.49. The van der Waals surface area contributed by atoms with Gasteiger partial charge >= 0.3 is 0 Å². The molecule has 0 radical (unpaired) electrons. The lowest BCUT2D eigenvalue weighted by molar-refractivity contribution is -0.122. The zero-order chi connectivity index (χ0) is 17.9. The van der Waals surface area contributed by atoms with Crippen LogP contribution in [0, 0.1) is 0 Å². The topological polar surface area (TPSA) is 41.6 Å². The van der Waals surface area contributed by atoms with Crippen molar-refractivity contribution >= 4 is 21.8 Å². The Morgan fingerprint density at radius 2 is 1.84 bits per heavy atom. The summed E-state index contributed by atoms with van der Waals surface area (Å²) >= 11 is 3.39. The summed E-state index contributed by atoms with van der Waals surface area (Å²) in [5, 5.41) is 2.97. The zero-order valence-electron chi connectivity index (χ0n) is 14.6. The van der Waals surface area contributed by atoms with E-state index >= 15 is 0 Å². The zero-order valence-corrected chi connectivity index (χ0v) is 16.2. The highest BCUT2D eigenvalue weighted by atomic mass is 79.9. The molecule has 0 saturated carbocycles. The molecule has 0 aliphatic rings. The van der Waals surface area contributed by atoms with Gasteiger partial charge < -0.3 is 10.1 Å². The standard InChI is InChI=1S/C20H25BrN2O2/c1-23(14-15-25-19-11-9-18(21)10-12-19)16-20(24)22-13-5-8-17-6-3-2-4-7-17/h2-4,6-7,9-12H,5,8,13-16H2,1H3,(H,22,24). The Morgan fingerprint density at radius 3 is 2.56 bits per heavy atom. The van der Waals surface area contributed by atoms with Gasteiger partial charge in [-0.05, 0) is 49.7 Å². The Morgan fingerprint density at radius 1 is 1.12 bits per heavy atom. The maximum atomic E-state index is 11.9. The molecule has 0 aromatic heterocycles. The van der Waals surface area contributed by atoms with Crippen molar-refractivity contribution in [3.63, 3.8) is 0 Å². The first-order chi connectivity index (χ1) is 12.1. The molecule has 0 aliphatic heterocycles. The SMILES string of the molecule is CN(CCOc1ccc(Br)cc1)CC(=O)NCCCc1ccccc1. The van der Waals surface area contributed by atoms with E-state index in [2.05, 4.69) is 33.4 Å². The first-order valence-electron chi connectivity index (χ1n) is 8.51. The molecule has 2 rings (SSSR count). The fourth-order valence-corrected chi connectivity index (χ4v) is 2.66. The van der Waals surface area contributed by atoms with Gasteiger partial charge in [0.15, 0.2) is 0 Å². The van der Waals surface area contributed by atoms with Crippen LogP contribution in [-0.2, 0) is 11.2 Å². The van der Waals surface area contributed by atoms with Gasteiger partial charge in [-0.1, -0.05) is 46.3 Å². The normalized spacial score (nSPS) is 10.7.